The topological polar surface area (TPSA) is 145 Å². The summed E-state index contributed by atoms with van der Waals surface area (Å²) in [7, 11) is 0. The Bertz CT molecular complexity index is 2070. The number of ether oxygens (including phenoxy) is 3. The van der Waals surface area contributed by atoms with E-state index < -0.39 is 18.0 Å². The zero-order chi connectivity index (χ0) is 39.6. The molecule has 2 aliphatic heterocycles. The summed E-state index contributed by atoms with van der Waals surface area (Å²) >= 11 is 6.86. The van der Waals surface area contributed by atoms with E-state index in [0.29, 0.717) is 54.7 Å². The predicted octanol–water partition coefficient (Wildman–Crippen LogP) is 8.05. The van der Waals surface area contributed by atoms with Crippen LogP contribution in [-0.4, -0.2) is 75.8 Å². The molecule has 6 rings (SSSR count). The molecule has 0 bridgehead atoms. The van der Waals surface area contributed by atoms with E-state index in [1.165, 1.54) is 6.20 Å². The van der Waals surface area contributed by atoms with Crippen molar-refractivity contribution < 1.29 is 34.0 Å². The lowest BCUT2D eigenvalue weighted by atomic mass is 9.93. The van der Waals surface area contributed by atoms with E-state index in [-0.39, 0.29) is 19.1 Å². The van der Waals surface area contributed by atoms with Crippen LogP contribution in [0.2, 0.25) is 5.02 Å². The van der Waals surface area contributed by atoms with Crippen LogP contribution < -0.4 is 14.2 Å². The highest BCUT2D eigenvalue weighted by Gasteiger charge is 2.30. The molecule has 1 aromatic heterocycles. The molecule has 0 unspecified atom stereocenters. The Hall–Kier alpha value is -5.15. The Balaban J connectivity index is 1.16. The number of piperidine rings is 2. The molecule has 0 spiro atoms. The molecule has 294 valence electrons. The number of nitrogens with zero attached hydrogens (tertiary/aromatic N) is 4. The highest BCUT2D eigenvalue weighted by atomic mass is 35.5. The molecule has 2 N–H and O–H groups in total. The quantitative estimate of drug-likeness (QED) is 0.107. The van der Waals surface area contributed by atoms with Crippen molar-refractivity contribution in [2.45, 2.75) is 78.2 Å². The van der Waals surface area contributed by atoms with Gasteiger partial charge in [-0.1, -0.05) is 48.4 Å². The van der Waals surface area contributed by atoms with E-state index in [0.717, 1.165) is 89.9 Å². The van der Waals surface area contributed by atoms with Gasteiger partial charge in [-0.15, -0.1) is 0 Å². The van der Waals surface area contributed by atoms with Gasteiger partial charge in [0.05, 0.1) is 23.1 Å². The smallest absolute Gasteiger partial charge is 0.320 e. The first-order chi connectivity index (χ1) is 27.1. The summed E-state index contributed by atoms with van der Waals surface area (Å²) in [6.07, 6.45) is 7.96. The second kappa shape index (κ2) is 19.1. The molecule has 11 nitrogen and oxygen atoms in total. The van der Waals surface area contributed by atoms with Crippen molar-refractivity contribution in [3.8, 4) is 34.4 Å². The fourth-order valence-corrected chi connectivity index (χ4v) is 7.93. The fraction of sp³-hybridized carbons (Fsp3) is 0.409. The van der Waals surface area contributed by atoms with Gasteiger partial charge in [-0.05, 0) is 105 Å². The van der Waals surface area contributed by atoms with Crippen molar-refractivity contribution in [1.29, 1.82) is 5.26 Å². The summed E-state index contributed by atoms with van der Waals surface area (Å²) in [6, 6.07) is 19.0. The Morgan fingerprint density at radius 1 is 0.857 bits per heavy atom. The molecular weight excluding hydrogens is 732 g/mol. The number of halogens is 1. The Morgan fingerprint density at radius 3 is 2.43 bits per heavy atom. The van der Waals surface area contributed by atoms with Crippen molar-refractivity contribution in [2.24, 2.45) is 5.92 Å². The molecule has 12 heteroatoms. The van der Waals surface area contributed by atoms with E-state index in [9.17, 15) is 25.1 Å². The first-order valence-electron chi connectivity index (χ1n) is 19.3. The first kappa shape index (κ1) is 40.5. The van der Waals surface area contributed by atoms with Crippen LogP contribution in [0, 0.1) is 31.1 Å². The van der Waals surface area contributed by atoms with Crippen LogP contribution in [0.1, 0.15) is 71.9 Å². The van der Waals surface area contributed by atoms with E-state index in [1.54, 1.807) is 24.4 Å². The molecule has 0 radical (unpaired) electrons. The summed E-state index contributed by atoms with van der Waals surface area (Å²) in [6.45, 7) is 8.39. The summed E-state index contributed by atoms with van der Waals surface area (Å²) in [5.41, 5.74) is 7.10. The summed E-state index contributed by atoms with van der Waals surface area (Å²) in [5.74, 6) is -0.0737. The highest BCUT2D eigenvalue weighted by molar-refractivity contribution is 6.32. The van der Waals surface area contributed by atoms with Crippen molar-refractivity contribution >= 4 is 23.5 Å². The average Bonchev–Trinajstić information content (AvgIpc) is 3.20. The molecule has 4 aromatic rings. The molecule has 2 atom stereocenters. The van der Waals surface area contributed by atoms with Crippen LogP contribution >= 0.6 is 11.6 Å². The Kier molecular flexibility index (Phi) is 13.8. The number of rotatable bonds is 16. The largest absolute Gasteiger partial charge is 0.493 e. The number of pyridine rings is 1. The zero-order valence-corrected chi connectivity index (χ0v) is 32.8. The van der Waals surface area contributed by atoms with E-state index >= 15 is 0 Å². The lowest BCUT2D eigenvalue weighted by Gasteiger charge is -2.33. The minimum Gasteiger partial charge on any atom is -0.493 e. The summed E-state index contributed by atoms with van der Waals surface area (Å²) in [4.78, 5) is 31.9. The van der Waals surface area contributed by atoms with Gasteiger partial charge in [-0.3, -0.25) is 19.5 Å². The standard InChI is InChI=1S/C44H49ClN4O7/c1-29-34(9-5-11-36(29)37-12-6-14-40(30(37)2)54-18-8-16-48-15-7-10-33(25-48)43(50)51)28-56-42-21-41(55-27-32-19-31(22-46)23-47-24-32)35(20-38(42)45)26-49-17-4-3-13-39(49)44(52)53/h5-6,9,11-12,14,19-21,23-24,33,39H,3-4,7-8,10,13,15-18,25-28H2,1-2H3,(H,50,51)(H,52,53)/t33-,39+/m1/s1. The third kappa shape index (κ3) is 10.2. The Morgan fingerprint density at radius 2 is 1.64 bits per heavy atom. The molecule has 0 saturated carbocycles. The maximum absolute atomic E-state index is 12.1. The van der Waals surface area contributed by atoms with Gasteiger partial charge in [-0.25, -0.2) is 0 Å². The predicted molar refractivity (Wildman–Crippen MR) is 213 cm³/mol. The van der Waals surface area contributed by atoms with Crippen LogP contribution in [0.15, 0.2) is 67.0 Å². The summed E-state index contributed by atoms with van der Waals surface area (Å²) in [5, 5.41) is 29.1. The molecule has 3 aromatic carbocycles. The second-order valence-electron chi connectivity index (χ2n) is 14.7. The fourth-order valence-electron chi connectivity index (χ4n) is 7.69. The van der Waals surface area contributed by atoms with Crippen molar-refractivity contribution in [1.82, 2.24) is 14.8 Å². The molecule has 2 saturated heterocycles. The second-order valence-corrected chi connectivity index (χ2v) is 15.1. The molecule has 56 heavy (non-hydrogen) atoms. The zero-order valence-electron chi connectivity index (χ0n) is 32.0. The number of aliphatic carboxylic acids is 2. The lowest BCUT2D eigenvalue weighted by Crippen LogP contribution is -2.44. The van der Waals surface area contributed by atoms with Gasteiger partial charge in [0, 0.05) is 49.2 Å². The number of likely N-dealkylation sites (tertiary alicyclic amines) is 2. The monoisotopic (exact) mass is 780 g/mol. The minimum absolute atomic E-state index is 0.147. The van der Waals surface area contributed by atoms with Crippen LogP contribution in [0.3, 0.4) is 0 Å². The summed E-state index contributed by atoms with van der Waals surface area (Å²) < 4.78 is 18.9. The number of nitriles is 1. The number of hydrogen-bond acceptors (Lipinski definition) is 9. The number of aromatic nitrogens is 1. The van der Waals surface area contributed by atoms with Crippen LogP contribution in [0.4, 0.5) is 0 Å². The molecule has 2 fully saturated rings. The maximum Gasteiger partial charge on any atom is 0.320 e. The van der Waals surface area contributed by atoms with Crippen LogP contribution in [-0.2, 0) is 29.3 Å². The first-order valence-corrected chi connectivity index (χ1v) is 19.6. The van der Waals surface area contributed by atoms with Gasteiger partial charge < -0.3 is 29.3 Å². The van der Waals surface area contributed by atoms with Gasteiger partial charge in [0.25, 0.3) is 0 Å². The molecular formula is C44H49ClN4O7. The normalized spacial score (nSPS) is 17.5. The number of benzene rings is 3. The maximum atomic E-state index is 12.1. The molecule has 0 aliphatic carbocycles. The van der Waals surface area contributed by atoms with E-state index in [1.807, 2.05) is 29.2 Å². The minimum atomic E-state index is -0.841. The van der Waals surface area contributed by atoms with Gasteiger partial charge in [0.15, 0.2) is 0 Å². The number of carboxylic acids is 2. The van der Waals surface area contributed by atoms with Gasteiger partial charge in [0.2, 0.25) is 0 Å². The highest BCUT2D eigenvalue weighted by Crippen LogP contribution is 2.37. The average molecular weight is 781 g/mol. The number of carboxylic acid groups (broad SMARTS) is 2. The third-order valence-corrected chi connectivity index (χ3v) is 11.1. The van der Waals surface area contributed by atoms with Crippen LogP contribution in [0.25, 0.3) is 11.1 Å². The number of hydrogen-bond donors (Lipinski definition) is 2. The molecule has 3 heterocycles. The van der Waals surface area contributed by atoms with Crippen molar-refractivity contribution in [3.63, 3.8) is 0 Å². The van der Waals surface area contributed by atoms with Gasteiger partial charge >= 0.3 is 11.9 Å². The van der Waals surface area contributed by atoms with E-state index in [4.69, 9.17) is 25.8 Å². The molecule has 2 aliphatic rings. The number of carbonyl (C=O) groups is 2. The molecule has 0 amide bonds. The SMILES string of the molecule is Cc1c(COc2cc(OCc3cncc(C#N)c3)c(CN3CCCC[C@H]3C(=O)O)cc2Cl)cccc1-c1cccc(OCCCN2CCC[C@@H](C(=O)O)C2)c1C. The van der Waals surface area contributed by atoms with Gasteiger partial charge in [0.1, 0.15) is 42.6 Å². The van der Waals surface area contributed by atoms with Crippen molar-refractivity contribution in [2.75, 3.05) is 32.8 Å². The lowest BCUT2D eigenvalue weighted by molar-refractivity contribution is -0.145. The Labute approximate surface area is 333 Å². The van der Waals surface area contributed by atoms with Crippen LogP contribution in [0.5, 0.6) is 17.2 Å². The third-order valence-electron chi connectivity index (χ3n) is 10.8. The van der Waals surface area contributed by atoms with Crippen molar-refractivity contribution in [3.05, 3.63) is 105 Å². The van der Waals surface area contributed by atoms with E-state index in [2.05, 4.69) is 41.9 Å². The van der Waals surface area contributed by atoms with Gasteiger partial charge in [-0.2, -0.15) is 5.26 Å².